The van der Waals surface area contributed by atoms with Crippen LogP contribution >= 0.6 is 23.2 Å². The molecule has 0 aliphatic carbocycles. The molecule has 0 unspecified atom stereocenters. The molecule has 3 aromatic carbocycles. The fourth-order valence-corrected chi connectivity index (χ4v) is 2.97. The molecule has 7 heteroatoms. The summed E-state index contributed by atoms with van der Waals surface area (Å²) in [6, 6.07) is 20.3. The molecule has 0 bridgehead atoms. The van der Waals surface area contributed by atoms with Gasteiger partial charge < -0.3 is 14.2 Å². The first kappa shape index (κ1) is 22.4. The van der Waals surface area contributed by atoms with Crippen molar-refractivity contribution in [1.82, 2.24) is 0 Å². The van der Waals surface area contributed by atoms with Crippen molar-refractivity contribution in [2.45, 2.75) is 0 Å². The Morgan fingerprint density at radius 2 is 1.58 bits per heavy atom. The van der Waals surface area contributed by atoms with Crippen LogP contribution in [-0.2, 0) is 9.53 Å². The summed E-state index contributed by atoms with van der Waals surface area (Å²) in [5, 5.41) is 0.931. The van der Waals surface area contributed by atoms with Crippen LogP contribution < -0.4 is 9.47 Å². The molecular formula is C24H18Cl2O5. The Hall–Kier alpha value is -3.28. The number of halogens is 2. The van der Waals surface area contributed by atoms with E-state index in [-0.39, 0.29) is 13.2 Å². The van der Waals surface area contributed by atoms with Crippen molar-refractivity contribution in [3.05, 3.63) is 100 Å². The van der Waals surface area contributed by atoms with Crippen LogP contribution in [0.4, 0.5) is 0 Å². The molecule has 0 aliphatic rings. The van der Waals surface area contributed by atoms with Crippen molar-refractivity contribution in [3.63, 3.8) is 0 Å². The number of benzene rings is 3. The maximum Gasteiger partial charge on any atom is 0.338 e. The highest BCUT2D eigenvalue weighted by molar-refractivity contribution is 6.35. The Bertz CT molecular complexity index is 1060. The van der Waals surface area contributed by atoms with Gasteiger partial charge >= 0.3 is 11.9 Å². The molecule has 0 N–H and O–H groups in total. The Balaban J connectivity index is 1.46. The third-order valence-corrected chi connectivity index (χ3v) is 4.56. The fraction of sp³-hybridized carbons (Fsp3) is 0.0833. The molecule has 5 nitrogen and oxygen atoms in total. The van der Waals surface area contributed by atoms with Gasteiger partial charge in [-0.15, -0.1) is 0 Å². The third kappa shape index (κ3) is 7.17. The van der Waals surface area contributed by atoms with Crippen LogP contribution in [0, 0.1) is 0 Å². The Morgan fingerprint density at radius 3 is 2.29 bits per heavy atom. The summed E-state index contributed by atoms with van der Waals surface area (Å²) in [5.74, 6) is -0.0795. The summed E-state index contributed by atoms with van der Waals surface area (Å²) in [5.41, 5.74) is 0.973. The first-order chi connectivity index (χ1) is 15.0. The number of hydrogen-bond donors (Lipinski definition) is 0. The highest BCUT2D eigenvalue weighted by Crippen LogP contribution is 2.22. The van der Waals surface area contributed by atoms with Crippen LogP contribution in [0.3, 0.4) is 0 Å². The van der Waals surface area contributed by atoms with Gasteiger partial charge in [0.15, 0.2) is 0 Å². The van der Waals surface area contributed by atoms with Gasteiger partial charge in [0.25, 0.3) is 0 Å². The van der Waals surface area contributed by atoms with Gasteiger partial charge in [-0.1, -0.05) is 47.5 Å². The molecule has 0 saturated carbocycles. The van der Waals surface area contributed by atoms with Crippen molar-refractivity contribution in [1.29, 1.82) is 0 Å². The third-order valence-electron chi connectivity index (χ3n) is 4.00. The van der Waals surface area contributed by atoms with Crippen LogP contribution in [0.25, 0.3) is 6.08 Å². The van der Waals surface area contributed by atoms with E-state index in [2.05, 4.69) is 0 Å². The number of ether oxygens (including phenoxy) is 3. The molecule has 0 saturated heterocycles. The normalized spacial score (nSPS) is 10.6. The zero-order valence-electron chi connectivity index (χ0n) is 16.3. The number of para-hydroxylation sites is 1. The lowest BCUT2D eigenvalue weighted by Gasteiger charge is -2.08. The lowest BCUT2D eigenvalue weighted by atomic mass is 10.2. The highest BCUT2D eigenvalue weighted by atomic mass is 35.5. The number of esters is 2. The molecule has 0 fully saturated rings. The average Bonchev–Trinajstić information content (AvgIpc) is 2.77. The zero-order chi connectivity index (χ0) is 22.1. The van der Waals surface area contributed by atoms with Crippen LogP contribution in [0.1, 0.15) is 15.9 Å². The summed E-state index contributed by atoms with van der Waals surface area (Å²) < 4.78 is 15.9. The van der Waals surface area contributed by atoms with Crippen LogP contribution in [0.2, 0.25) is 10.0 Å². The van der Waals surface area contributed by atoms with Gasteiger partial charge in [-0.05, 0) is 60.2 Å². The van der Waals surface area contributed by atoms with Crippen molar-refractivity contribution < 1.29 is 23.8 Å². The van der Waals surface area contributed by atoms with E-state index in [1.54, 1.807) is 18.2 Å². The van der Waals surface area contributed by atoms with Crippen molar-refractivity contribution in [3.8, 4) is 11.5 Å². The molecule has 0 amide bonds. The monoisotopic (exact) mass is 456 g/mol. The van der Waals surface area contributed by atoms with Crippen LogP contribution in [-0.4, -0.2) is 25.2 Å². The number of hydrogen-bond acceptors (Lipinski definition) is 5. The standard InChI is InChI=1S/C24H18Cl2O5/c25-19-10-6-17(22(26)16-19)9-13-23(27)31-21-11-7-18(8-12-21)24(28)30-15-14-29-20-4-2-1-3-5-20/h1-13,16H,14-15H2/b13-9+. The Labute approximate surface area is 189 Å². The summed E-state index contributed by atoms with van der Waals surface area (Å²) in [6.07, 6.45) is 2.79. The van der Waals surface area contributed by atoms with E-state index in [9.17, 15) is 9.59 Å². The van der Waals surface area contributed by atoms with E-state index in [1.165, 1.54) is 36.4 Å². The minimum absolute atomic E-state index is 0.114. The second-order valence-electron chi connectivity index (χ2n) is 6.24. The maximum atomic E-state index is 12.1. The minimum atomic E-state index is -0.584. The van der Waals surface area contributed by atoms with Crippen molar-refractivity contribution in [2.24, 2.45) is 0 Å². The molecule has 0 radical (unpaired) electrons. The number of carbonyl (C=O) groups excluding carboxylic acids is 2. The van der Waals surface area contributed by atoms with Gasteiger partial charge in [0.1, 0.15) is 24.7 Å². The lowest BCUT2D eigenvalue weighted by molar-refractivity contribution is -0.128. The second-order valence-corrected chi connectivity index (χ2v) is 7.09. The van der Waals surface area contributed by atoms with E-state index in [1.807, 2.05) is 30.3 Å². The predicted molar refractivity (Wildman–Crippen MR) is 120 cm³/mol. The molecule has 31 heavy (non-hydrogen) atoms. The van der Waals surface area contributed by atoms with E-state index < -0.39 is 11.9 Å². The van der Waals surface area contributed by atoms with E-state index in [0.29, 0.717) is 32.7 Å². The van der Waals surface area contributed by atoms with Gasteiger partial charge in [-0.2, -0.15) is 0 Å². The van der Waals surface area contributed by atoms with Gasteiger partial charge in [0.05, 0.1) is 5.56 Å². The largest absolute Gasteiger partial charge is 0.490 e. The summed E-state index contributed by atoms with van der Waals surface area (Å²) in [7, 11) is 0. The minimum Gasteiger partial charge on any atom is -0.490 e. The van der Waals surface area contributed by atoms with E-state index >= 15 is 0 Å². The second kappa shape index (κ2) is 11.2. The number of rotatable bonds is 8. The quantitative estimate of drug-likeness (QED) is 0.184. The van der Waals surface area contributed by atoms with Gasteiger partial charge in [-0.3, -0.25) is 0 Å². The first-order valence-electron chi connectivity index (χ1n) is 9.31. The molecular weight excluding hydrogens is 439 g/mol. The molecule has 0 spiro atoms. The van der Waals surface area contributed by atoms with Gasteiger partial charge in [0.2, 0.25) is 0 Å². The Morgan fingerprint density at radius 1 is 0.839 bits per heavy atom. The first-order valence-corrected chi connectivity index (χ1v) is 10.1. The molecule has 0 aromatic heterocycles. The smallest absolute Gasteiger partial charge is 0.338 e. The molecule has 3 aromatic rings. The number of carbonyl (C=O) groups is 2. The SMILES string of the molecule is O=C(/C=C/c1ccc(Cl)cc1Cl)Oc1ccc(C(=O)OCCOc2ccccc2)cc1. The van der Waals surface area contributed by atoms with Gasteiger partial charge in [-0.25, -0.2) is 9.59 Å². The lowest BCUT2D eigenvalue weighted by Crippen LogP contribution is -2.12. The average molecular weight is 457 g/mol. The molecule has 0 heterocycles. The topological polar surface area (TPSA) is 61.8 Å². The summed E-state index contributed by atoms with van der Waals surface area (Å²) >= 11 is 11.9. The molecule has 0 atom stereocenters. The fourth-order valence-electron chi connectivity index (χ4n) is 2.50. The maximum absolute atomic E-state index is 12.1. The molecule has 0 aliphatic heterocycles. The summed E-state index contributed by atoms with van der Waals surface area (Å²) in [6.45, 7) is 0.359. The van der Waals surface area contributed by atoms with Gasteiger partial charge in [0, 0.05) is 16.1 Å². The van der Waals surface area contributed by atoms with Crippen molar-refractivity contribution >= 4 is 41.2 Å². The Kier molecular flexibility index (Phi) is 8.10. The van der Waals surface area contributed by atoms with Crippen molar-refractivity contribution in [2.75, 3.05) is 13.2 Å². The predicted octanol–water partition coefficient (Wildman–Crippen LogP) is 5.85. The van der Waals surface area contributed by atoms with Crippen LogP contribution in [0.15, 0.2) is 78.9 Å². The van der Waals surface area contributed by atoms with E-state index in [4.69, 9.17) is 37.4 Å². The van der Waals surface area contributed by atoms with Crippen LogP contribution in [0.5, 0.6) is 11.5 Å². The molecule has 3 rings (SSSR count). The van der Waals surface area contributed by atoms with E-state index in [0.717, 1.165) is 0 Å². The highest BCUT2D eigenvalue weighted by Gasteiger charge is 2.09. The zero-order valence-corrected chi connectivity index (χ0v) is 17.8. The summed E-state index contributed by atoms with van der Waals surface area (Å²) in [4.78, 5) is 24.1. The molecule has 158 valence electrons.